The Morgan fingerprint density at radius 3 is 2.60 bits per heavy atom. The van der Waals surface area contributed by atoms with E-state index in [4.69, 9.17) is 0 Å². The molecule has 0 saturated carbocycles. The maximum Gasteiger partial charge on any atom is 0.354 e. The molecule has 0 unspecified atom stereocenters. The second kappa shape index (κ2) is 6.85. The quantitative estimate of drug-likeness (QED) is 0.736. The Morgan fingerprint density at radius 2 is 1.92 bits per heavy atom. The van der Waals surface area contributed by atoms with Gasteiger partial charge in [-0.25, -0.2) is 9.48 Å². The van der Waals surface area contributed by atoms with Crippen molar-refractivity contribution in [3.8, 4) is 11.8 Å². The Balaban J connectivity index is 2.00. The lowest BCUT2D eigenvalue weighted by Gasteiger charge is -2.07. The normalized spacial score (nSPS) is 10.7. The number of aromatic nitrogens is 2. The third-order valence-corrected chi connectivity index (χ3v) is 3.71. The summed E-state index contributed by atoms with van der Waals surface area (Å²) in [5.41, 5.74) is 3.45. The summed E-state index contributed by atoms with van der Waals surface area (Å²) in [5.74, 6) is -1.06. The molecule has 0 bridgehead atoms. The van der Waals surface area contributed by atoms with Crippen LogP contribution in [0.5, 0.6) is 0 Å². The van der Waals surface area contributed by atoms with Crippen molar-refractivity contribution in [1.82, 2.24) is 9.78 Å². The summed E-state index contributed by atoms with van der Waals surface area (Å²) in [5, 5.41) is 22.9. The topological polar surface area (TPSA) is 78.9 Å². The molecule has 0 aliphatic rings. The fraction of sp³-hybridized carbons (Fsp3) is 0.0500. The van der Waals surface area contributed by atoms with Crippen molar-refractivity contribution < 1.29 is 9.90 Å². The van der Waals surface area contributed by atoms with E-state index in [1.54, 1.807) is 25.1 Å². The molecule has 0 aliphatic heterocycles. The minimum absolute atomic E-state index is 0.0639. The van der Waals surface area contributed by atoms with E-state index in [-0.39, 0.29) is 5.69 Å². The summed E-state index contributed by atoms with van der Waals surface area (Å²) in [4.78, 5) is 11.4. The number of nitriles is 1. The van der Waals surface area contributed by atoms with E-state index in [1.165, 1.54) is 10.7 Å². The van der Waals surface area contributed by atoms with Crippen LogP contribution in [-0.2, 0) is 0 Å². The van der Waals surface area contributed by atoms with Gasteiger partial charge in [-0.1, -0.05) is 48.6 Å². The fourth-order valence-corrected chi connectivity index (χ4v) is 2.52. The van der Waals surface area contributed by atoms with Crippen molar-refractivity contribution in [2.45, 2.75) is 6.92 Å². The van der Waals surface area contributed by atoms with E-state index in [2.05, 4.69) is 11.2 Å². The summed E-state index contributed by atoms with van der Waals surface area (Å²) in [6.45, 7) is 1.73. The number of hydrogen-bond donors (Lipinski definition) is 1. The summed E-state index contributed by atoms with van der Waals surface area (Å²) >= 11 is 0. The van der Waals surface area contributed by atoms with Crippen molar-refractivity contribution >= 4 is 18.1 Å². The SMILES string of the molecule is Cc1cc(C(=O)O)n(-c2ccc(/C=C/c3ccccc3)c(C#N)c2)n1. The smallest absolute Gasteiger partial charge is 0.354 e. The Hall–Kier alpha value is -3.65. The van der Waals surface area contributed by atoms with Crippen molar-refractivity contribution in [3.05, 3.63) is 82.7 Å². The number of hydrogen-bond acceptors (Lipinski definition) is 3. The molecule has 0 saturated heterocycles. The molecule has 5 nitrogen and oxygen atoms in total. The standard InChI is InChI=1S/C20H15N3O2/c1-14-11-19(20(24)25)23(22-14)18-10-9-16(17(12-18)13-21)8-7-15-5-3-2-4-6-15/h2-12H,1H3,(H,24,25)/b8-7+. The van der Waals surface area contributed by atoms with Gasteiger partial charge in [0.25, 0.3) is 0 Å². The highest BCUT2D eigenvalue weighted by atomic mass is 16.4. The molecule has 122 valence electrons. The molecule has 0 fully saturated rings. The van der Waals surface area contributed by atoms with Gasteiger partial charge in [-0.3, -0.25) is 0 Å². The number of rotatable bonds is 4. The first-order chi connectivity index (χ1) is 12.1. The molecule has 3 rings (SSSR count). The van der Waals surface area contributed by atoms with E-state index in [0.717, 1.165) is 11.1 Å². The van der Waals surface area contributed by atoms with Crippen LogP contribution in [0.1, 0.15) is 32.9 Å². The number of aromatic carboxylic acids is 1. The average Bonchev–Trinajstić information content (AvgIpc) is 3.03. The first kappa shape index (κ1) is 16.2. The molecule has 0 aliphatic carbocycles. The monoisotopic (exact) mass is 329 g/mol. The van der Waals surface area contributed by atoms with Crippen LogP contribution in [0.3, 0.4) is 0 Å². The van der Waals surface area contributed by atoms with Crippen molar-refractivity contribution in [3.63, 3.8) is 0 Å². The zero-order chi connectivity index (χ0) is 17.8. The number of nitrogens with zero attached hydrogens (tertiary/aromatic N) is 3. The number of carboxylic acids is 1. The van der Waals surface area contributed by atoms with Crippen LogP contribution in [0, 0.1) is 18.3 Å². The molecular weight excluding hydrogens is 314 g/mol. The van der Waals surface area contributed by atoms with E-state index >= 15 is 0 Å². The number of benzene rings is 2. The van der Waals surface area contributed by atoms with Crippen LogP contribution in [0.15, 0.2) is 54.6 Å². The lowest BCUT2D eigenvalue weighted by molar-refractivity contribution is 0.0687. The Bertz CT molecular complexity index is 996. The molecule has 1 heterocycles. The maximum absolute atomic E-state index is 11.4. The van der Waals surface area contributed by atoms with E-state index in [0.29, 0.717) is 16.9 Å². The molecule has 3 aromatic rings. The van der Waals surface area contributed by atoms with Crippen LogP contribution in [-0.4, -0.2) is 20.9 Å². The Labute approximate surface area is 145 Å². The van der Waals surface area contributed by atoms with E-state index in [1.807, 2.05) is 42.5 Å². The second-order valence-electron chi connectivity index (χ2n) is 5.52. The van der Waals surface area contributed by atoms with Crippen molar-refractivity contribution in [2.24, 2.45) is 0 Å². The highest BCUT2D eigenvalue weighted by molar-refractivity contribution is 5.86. The first-order valence-electron chi connectivity index (χ1n) is 7.66. The molecule has 5 heteroatoms. The number of carboxylic acid groups (broad SMARTS) is 1. The summed E-state index contributed by atoms with van der Waals surface area (Å²) in [7, 11) is 0. The minimum Gasteiger partial charge on any atom is -0.477 e. The van der Waals surface area contributed by atoms with Gasteiger partial charge < -0.3 is 5.11 Å². The summed E-state index contributed by atoms with van der Waals surface area (Å²) in [6, 6.07) is 18.6. The molecule has 1 aromatic heterocycles. The predicted molar refractivity (Wildman–Crippen MR) is 95.3 cm³/mol. The van der Waals surface area contributed by atoms with Crippen LogP contribution < -0.4 is 0 Å². The summed E-state index contributed by atoms with van der Waals surface area (Å²) < 4.78 is 1.34. The van der Waals surface area contributed by atoms with Gasteiger partial charge in [0, 0.05) is 0 Å². The van der Waals surface area contributed by atoms with E-state index in [9.17, 15) is 15.2 Å². The minimum atomic E-state index is -1.06. The van der Waals surface area contributed by atoms with Gasteiger partial charge in [0.15, 0.2) is 5.69 Å². The average molecular weight is 329 g/mol. The molecule has 2 aromatic carbocycles. The maximum atomic E-state index is 11.4. The lowest BCUT2D eigenvalue weighted by Crippen LogP contribution is -2.08. The number of aryl methyl sites for hydroxylation is 1. The fourth-order valence-electron chi connectivity index (χ4n) is 2.52. The largest absolute Gasteiger partial charge is 0.477 e. The second-order valence-corrected chi connectivity index (χ2v) is 5.52. The van der Waals surface area contributed by atoms with Gasteiger partial charge in [-0.05, 0) is 36.2 Å². The van der Waals surface area contributed by atoms with Gasteiger partial charge in [-0.2, -0.15) is 10.4 Å². The third-order valence-electron chi connectivity index (χ3n) is 3.71. The van der Waals surface area contributed by atoms with Crippen LogP contribution in [0.4, 0.5) is 0 Å². The summed E-state index contributed by atoms with van der Waals surface area (Å²) in [6.07, 6.45) is 3.79. The van der Waals surface area contributed by atoms with E-state index < -0.39 is 5.97 Å². The number of carbonyl (C=O) groups is 1. The highest BCUT2D eigenvalue weighted by Gasteiger charge is 2.14. The van der Waals surface area contributed by atoms with Crippen LogP contribution in [0.25, 0.3) is 17.8 Å². The predicted octanol–water partition coefficient (Wildman–Crippen LogP) is 3.92. The van der Waals surface area contributed by atoms with Gasteiger partial charge in [0.2, 0.25) is 0 Å². The van der Waals surface area contributed by atoms with Crippen molar-refractivity contribution in [1.29, 1.82) is 5.26 Å². The lowest BCUT2D eigenvalue weighted by atomic mass is 10.1. The van der Waals surface area contributed by atoms with Gasteiger partial charge in [-0.15, -0.1) is 0 Å². The van der Waals surface area contributed by atoms with Gasteiger partial charge >= 0.3 is 5.97 Å². The van der Waals surface area contributed by atoms with Crippen LogP contribution >= 0.6 is 0 Å². The molecule has 1 N–H and O–H groups in total. The Kier molecular flexibility index (Phi) is 4.44. The zero-order valence-corrected chi connectivity index (χ0v) is 13.5. The third kappa shape index (κ3) is 3.48. The highest BCUT2D eigenvalue weighted by Crippen LogP contribution is 2.19. The molecule has 0 amide bonds. The molecule has 25 heavy (non-hydrogen) atoms. The Morgan fingerprint density at radius 1 is 1.16 bits per heavy atom. The molecular formula is C20H15N3O2. The zero-order valence-electron chi connectivity index (χ0n) is 13.5. The van der Waals surface area contributed by atoms with Crippen LogP contribution in [0.2, 0.25) is 0 Å². The molecule has 0 radical (unpaired) electrons. The van der Waals surface area contributed by atoms with Gasteiger partial charge in [0.05, 0.1) is 23.0 Å². The molecule has 0 atom stereocenters. The van der Waals surface area contributed by atoms with Crippen molar-refractivity contribution in [2.75, 3.05) is 0 Å². The first-order valence-corrected chi connectivity index (χ1v) is 7.66. The van der Waals surface area contributed by atoms with Gasteiger partial charge in [0.1, 0.15) is 0 Å². The molecule has 0 spiro atoms.